The maximum atomic E-state index is 11.9. The van der Waals surface area contributed by atoms with Gasteiger partial charge in [-0.15, -0.1) is 11.3 Å². The van der Waals surface area contributed by atoms with Gasteiger partial charge in [-0.05, 0) is 42.6 Å². The molecule has 0 aliphatic heterocycles. The third-order valence-electron chi connectivity index (χ3n) is 2.88. The highest BCUT2D eigenvalue weighted by atomic mass is 32.1. The van der Waals surface area contributed by atoms with Crippen LogP contribution in [-0.2, 0) is 11.3 Å². The molecule has 2 amide bonds. The average molecular weight is 318 g/mol. The molecule has 0 unspecified atom stereocenters. The molecule has 2 aromatic rings. The Balaban J connectivity index is 1.75. The SMILES string of the molecule is CCOc1ccc(C(=O)NCC(=O)NCc2cccs2)cc1. The zero-order valence-electron chi connectivity index (χ0n) is 12.3. The van der Waals surface area contributed by atoms with Gasteiger partial charge in [-0.25, -0.2) is 0 Å². The Morgan fingerprint density at radius 1 is 1.14 bits per heavy atom. The van der Waals surface area contributed by atoms with Crippen LogP contribution in [0.5, 0.6) is 5.75 Å². The molecule has 0 saturated carbocycles. The first kappa shape index (κ1) is 16.0. The molecule has 0 spiro atoms. The van der Waals surface area contributed by atoms with E-state index in [9.17, 15) is 9.59 Å². The first-order chi connectivity index (χ1) is 10.7. The number of benzene rings is 1. The Labute approximate surface area is 133 Å². The number of amides is 2. The molecule has 2 rings (SSSR count). The van der Waals surface area contributed by atoms with Crippen molar-refractivity contribution >= 4 is 23.2 Å². The third kappa shape index (κ3) is 4.89. The second kappa shape index (κ2) is 8.19. The maximum Gasteiger partial charge on any atom is 0.251 e. The van der Waals surface area contributed by atoms with Crippen molar-refractivity contribution in [2.75, 3.05) is 13.2 Å². The number of carbonyl (C=O) groups is 2. The number of hydrogen-bond donors (Lipinski definition) is 2. The summed E-state index contributed by atoms with van der Waals surface area (Å²) >= 11 is 1.58. The van der Waals surface area contributed by atoms with Gasteiger partial charge in [-0.1, -0.05) is 6.07 Å². The molecule has 22 heavy (non-hydrogen) atoms. The summed E-state index contributed by atoms with van der Waals surface area (Å²) < 4.78 is 5.31. The number of hydrogen-bond acceptors (Lipinski definition) is 4. The van der Waals surface area contributed by atoms with E-state index >= 15 is 0 Å². The largest absolute Gasteiger partial charge is 0.494 e. The quantitative estimate of drug-likeness (QED) is 0.822. The van der Waals surface area contributed by atoms with E-state index in [1.54, 1.807) is 35.6 Å². The highest BCUT2D eigenvalue weighted by molar-refractivity contribution is 7.09. The summed E-state index contributed by atoms with van der Waals surface area (Å²) in [4.78, 5) is 24.7. The van der Waals surface area contributed by atoms with Gasteiger partial charge >= 0.3 is 0 Å². The lowest BCUT2D eigenvalue weighted by molar-refractivity contribution is -0.120. The minimum absolute atomic E-state index is 0.0442. The Hall–Kier alpha value is -2.34. The second-order valence-corrected chi connectivity index (χ2v) is 5.53. The monoisotopic (exact) mass is 318 g/mol. The predicted octanol–water partition coefficient (Wildman–Crippen LogP) is 2.19. The average Bonchev–Trinajstić information content (AvgIpc) is 3.05. The summed E-state index contributed by atoms with van der Waals surface area (Å²) in [5, 5.41) is 7.30. The summed E-state index contributed by atoms with van der Waals surface area (Å²) in [5.41, 5.74) is 0.495. The smallest absolute Gasteiger partial charge is 0.251 e. The van der Waals surface area contributed by atoms with E-state index in [1.807, 2.05) is 24.4 Å². The summed E-state index contributed by atoms with van der Waals surface area (Å²) in [7, 11) is 0. The zero-order valence-corrected chi connectivity index (χ0v) is 13.1. The standard InChI is InChI=1S/C16H18N2O3S/c1-2-21-13-7-5-12(6-8-13)16(20)18-11-15(19)17-10-14-4-3-9-22-14/h3-9H,2,10-11H2,1H3,(H,17,19)(H,18,20). The first-order valence-electron chi connectivity index (χ1n) is 6.99. The highest BCUT2D eigenvalue weighted by Gasteiger charge is 2.08. The van der Waals surface area contributed by atoms with Crippen molar-refractivity contribution in [1.82, 2.24) is 10.6 Å². The van der Waals surface area contributed by atoms with Crippen LogP contribution < -0.4 is 15.4 Å². The maximum absolute atomic E-state index is 11.9. The molecular weight excluding hydrogens is 300 g/mol. The Morgan fingerprint density at radius 3 is 2.55 bits per heavy atom. The molecule has 0 radical (unpaired) electrons. The number of thiophene rings is 1. The molecule has 0 bridgehead atoms. The van der Waals surface area contributed by atoms with Crippen LogP contribution in [0.4, 0.5) is 0 Å². The van der Waals surface area contributed by atoms with Crippen molar-refractivity contribution in [3.63, 3.8) is 0 Å². The van der Waals surface area contributed by atoms with E-state index in [-0.39, 0.29) is 18.4 Å². The topological polar surface area (TPSA) is 67.4 Å². The molecule has 116 valence electrons. The normalized spacial score (nSPS) is 10.0. The lowest BCUT2D eigenvalue weighted by Gasteiger charge is -2.07. The highest BCUT2D eigenvalue weighted by Crippen LogP contribution is 2.11. The molecule has 1 aromatic heterocycles. The minimum Gasteiger partial charge on any atom is -0.494 e. The van der Waals surface area contributed by atoms with Crippen molar-refractivity contribution in [3.8, 4) is 5.75 Å². The number of nitrogens with one attached hydrogen (secondary N) is 2. The lowest BCUT2D eigenvalue weighted by atomic mass is 10.2. The zero-order chi connectivity index (χ0) is 15.8. The fraction of sp³-hybridized carbons (Fsp3) is 0.250. The molecule has 0 saturated heterocycles. The Bertz CT molecular complexity index is 609. The van der Waals surface area contributed by atoms with Gasteiger partial charge in [0.1, 0.15) is 5.75 Å². The third-order valence-corrected chi connectivity index (χ3v) is 3.75. The Kier molecular flexibility index (Phi) is 5.97. The fourth-order valence-corrected chi connectivity index (χ4v) is 2.44. The molecule has 5 nitrogen and oxygen atoms in total. The van der Waals surface area contributed by atoms with Gasteiger partial charge in [0.25, 0.3) is 5.91 Å². The fourth-order valence-electron chi connectivity index (χ4n) is 1.79. The van der Waals surface area contributed by atoms with Gasteiger partial charge in [-0.2, -0.15) is 0 Å². The molecule has 0 atom stereocenters. The van der Waals surface area contributed by atoms with Crippen molar-refractivity contribution in [1.29, 1.82) is 0 Å². The van der Waals surface area contributed by atoms with Crippen LogP contribution in [0.2, 0.25) is 0 Å². The van der Waals surface area contributed by atoms with Gasteiger partial charge in [0.05, 0.1) is 19.7 Å². The first-order valence-corrected chi connectivity index (χ1v) is 7.87. The molecule has 1 heterocycles. The van der Waals surface area contributed by atoms with Crippen molar-refractivity contribution in [2.24, 2.45) is 0 Å². The van der Waals surface area contributed by atoms with Crippen LogP contribution in [0.1, 0.15) is 22.2 Å². The van der Waals surface area contributed by atoms with Crippen LogP contribution in [0, 0.1) is 0 Å². The van der Waals surface area contributed by atoms with E-state index in [0.717, 1.165) is 4.88 Å². The summed E-state index contributed by atoms with van der Waals surface area (Å²) in [6, 6.07) is 10.7. The van der Waals surface area contributed by atoms with Gasteiger partial charge in [-0.3, -0.25) is 9.59 Å². The van der Waals surface area contributed by atoms with Crippen molar-refractivity contribution < 1.29 is 14.3 Å². The van der Waals surface area contributed by atoms with E-state index in [1.165, 1.54) is 0 Å². The van der Waals surface area contributed by atoms with Gasteiger partial charge < -0.3 is 15.4 Å². The molecule has 2 N–H and O–H groups in total. The minimum atomic E-state index is -0.283. The molecule has 0 aliphatic rings. The molecular formula is C16H18N2O3S. The van der Waals surface area contributed by atoms with Gasteiger partial charge in [0.2, 0.25) is 5.91 Å². The van der Waals surface area contributed by atoms with E-state index in [0.29, 0.717) is 24.5 Å². The van der Waals surface area contributed by atoms with Gasteiger partial charge in [0, 0.05) is 10.4 Å². The van der Waals surface area contributed by atoms with Crippen LogP contribution in [0.25, 0.3) is 0 Å². The van der Waals surface area contributed by atoms with E-state index in [2.05, 4.69) is 10.6 Å². The van der Waals surface area contributed by atoms with Gasteiger partial charge in [0.15, 0.2) is 0 Å². The molecule has 1 aromatic carbocycles. The number of rotatable bonds is 7. The van der Waals surface area contributed by atoms with Crippen LogP contribution in [-0.4, -0.2) is 25.0 Å². The summed E-state index contributed by atoms with van der Waals surface area (Å²) in [6.45, 7) is 2.91. The number of ether oxygens (including phenoxy) is 1. The Morgan fingerprint density at radius 2 is 1.91 bits per heavy atom. The summed E-state index contributed by atoms with van der Waals surface area (Å²) in [6.07, 6.45) is 0. The molecule has 0 aliphatic carbocycles. The lowest BCUT2D eigenvalue weighted by Crippen LogP contribution is -2.36. The molecule has 6 heteroatoms. The van der Waals surface area contributed by atoms with Crippen LogP contribution in [0.3, 0.4) is 0 Å². The molecule has 0 fully saturated rings. The van der Waals surface area contributed by atoms with Crippen LogP contribution >= 0.6 is 11.3 Å². The number of carbonyl (C=O) groups excluding carboxylic acids is 2. The van der Waals surface area contributed by atoms with Crippen molar-refractivity contribution in [3.05, 3.63) is 52.2 Å². The van der Waals surface area contributed by atoms with Crippen LogP contribution in [0.15, 0.2) is 41.8 Å². The predicted molar refractivity (Wildman–Crippen MR) is 86.1 cm³/mol. The second-order valence-electron chi connectivity index (χ2n) is 4.50. The van der Waals surface area contributed by atoms with E-state index < -0.39 is 0 Å². The van der Waals surface area contributed by atoms with E-state index in [4.69, 9.17) is 4.74 Å². The van der Waals surface area contributed by atoms with Crippen molar-refractivity contribution in [2.45, 2.75) is 13.5 Å². The summed E-state index contributed by atoms with van der Waals surface area (Å²) in [5.74, 6) is 0.217.